The lowest BCUT2D eigenvalue weighted by atomic mass is 10.2. The van der Waals surface area contributed by atoms with Crippen molar-refractivity contribution in [3.8, 4) is 0 Å². The van der Waals surface area contributed by atoms with E-state index in [1.165, 1.54) is 15.9 Å². The Morgan fingerprint density at radius 3 is 1.03 bits per heavy atom. The summed E-state index contributed by atoms with van der Waals surface area (Å²) in [7, 11) is -7.68. The van der Waals surface area contributed by atoms with E-state index >= 15 is 0 Å². The zero-order valence-corrected chi connectivity index (χ0v) is 36.6. The first-order valence-electron chi connectivity index (χ1n) is 17.4. The summed E-state index contributed by atoms with van der Waals surface area (Å²) in [4.78, 5) is 9.12. The standard InChI is InChI=1S/C45H32Cl3NPS3.ClHO4/c46-34-21-27-40(28-22-34)51-44(33-13-5-1-6-14-33)49-43(45(52-41-29-23-35(47)24-30-41)53-42-31-25-36(48)26-32-42)50(37-15-7-2-8-16-37,38-17-9-3-10-18-38)39-19-11-4-12-20-39;2-1(3,4)5/h1-32H;(H,2,3,4,5)/q+1;/p-1/b49-44-;. The Balaban J connectivity index is 0.00000107. The van der Waals surface area contributed by atoms with Gasteiger partial charge in [0, 0.05) is 35.3 Å². The predicted molar refractivity (Wildman–Crippen MR) is 237 cm³/mol. The van der Waals surface area contributed by atoms with E-state index in [4.69, 9.17) is 58.4 Å². The van der Waals surface area contributed by atoms with Gasteiger partial charge in [-0.3, -0.25) is 0 Å². The minimum Gasteiger partial charge on any atom is -0.222 e. The molecule has 0 unspecified atom stereocenters. The van der Waals surface area contributed by atoms with Crippen LogP contribution in [-0.2, 0) is 0 Å². The molecule has 0 aliphatic rings. The second kappa shape index (κ2) is 21.1. The van der Waals surface area contributed by atoms with Gasteiger partial charge in [0.05, 0.1) is 0 Å². The highest BCUT2D eigenvalue weighted by atomic mass is 35.7. The molecule has 292 valence electrons. The lowest BCUT2D eigenvalue weighted by Crippen LogP contribution is -2.68. The van der Waals surface area contributed by atoms with Gasteiger partial charge in [0.2, 0.25) is 5.44 Å². The van der Waals surface area contributed by atoms with Gasteiger partial charge in [0.1, 0.15) is 25.2 Å². The lowest BCUT2D eigenvalue weighted by Gasteiger charge is -2.29. The summed E-state index contributed by atoms with van der Waals surface area (Å²) in [5, 5.41) is 6.54. The number of halogens is 4. The quantitative estimate of drug-likeness (QED) is 0.0552. The SMILES string of the molecule is Clc1ccc(SC(Sc2ccc(Cl)cc2)=C(/N=C(\Sc2ccc(Cl)cc2)c2ccccc2)[P+](c2ccccc2)(c2ccccc2)c2ccccc2)cc1.[O-][Cl+3]([O-])([O-])[O-]. The molecule has 7 aromatic rings. The van der Waals surface area contributed by atoms with Gasteiger partial charge in [-0.1, -0.05) is 155 Å². The van der Waals surface area contributed by atoms with Crippen LogP contribution in [0.3, 0.4) is 0 Å². The second-order valence-electron chi connectivity index (χ2n) is 12.1. The monoisotopic (exact) mass is 917 g/mol. The maximum atomic E-state index is 8.49. The third-order valence-corrected chi connectivity index (χ3v) is 16.8. The maximum absolute atomic E-state index is 8.49. The first-order chi connectivity index (χ1) is 28.0. The Bertz CT molecular complexity index is 2270. The zero-order valence-electron chi connectivity index (χ0n) is 30.2. The predicted octanol–water partition coefficient (Wildman–Crippen LogP) is 9.13. The molecule has 0 N–H and O–H groups in total. The fourth-order valence-corrected chi connectivity index (χ4v) is 14.2. The topological polar surface area (TPSA) is 105 Å². The van der Waals surface area contributed by atoms with Crippen molar-refractivity contribution in [1.29, 1.82) is 0 Å². The third kappa shape index (κ3) is 12.2. The number of benzene rings is 7. The second-order valence-corrected chi connectivity index (χ2v) is 21.0. The number of hydrogen-bond acceptors (Lipinski definition) is 8. The summed E-state index contributed by atoms with van der Waals surface area (Å²) in [5.41, 5.74) is 2.01. The number of rotatable bonds is 11. The summed E-state index contributed by atoms with van der Waals surface area (Å²) in [6, 6.07) is 67.1. The largest absolute Gasteiger partial charge is 0.222 e. The average molecular weight is 920 g/mol. The molecule has 13 heteroatoms. The van der Waals surface area contributed by atoms with Crippen LogP contribution in [0.2, 0.25) is 15.1 Å². The van der Waals surface area contributed by atoms with Crippen LogP contribution in [0.15, 0.2) is 223 Å². The molecule has 0 saturated carbocycles. The molecule has 0 aliphatic carbocycles. The molecule has 0 fully saturated rings. The molecule has 58 heavy (non-hydrogen) atoms. The van der Waals surface area contributed by atoms with E-state index in [1.54, 1.807) is 35.3 Å². The fourth-order valence-electron chi connectivity index (χ4n) is 5.80. The van der Waals surface area contributed by atoms with E-state index in [-0.39, 0.29) is 0 Å². The van der Waals surface area contributed by atoms with Gasteiger partial charge in [-0.15, -0.1) is 10.2 Å². The molecule has 0 saturated heterocycles. The zero-order chi connectivity index (χ0) is 41.0. The fraction of sp³-hybridized carbons (Fsp3) is 0. The van der Waals surface area contributed by atoms with Crippen LogP contribution in [0.4, 0.5) is 0 Å². The minimum atomic E-state index is -4.94. The number of hydrogen-bond donors (Lipinski definition) is 0. The summed E-state index contributed by atoms with van der Waals surface area (Å²) in [6.07, 6.45) is 0. The van der Waals surface area contributed by atoms with Crippen molar-refractivity contribution in [2.75, 3.05) is 0 Å². The van der Waals surface area contributed by atoms with Crippen molar-refractivity contribution >= 4 is 98.3 Å². The van der Waals surface area contributed by atoms with Crippen LogP contribution in [0, 0.1) is 10.2 Å². The molecule has 7 rings (SSSR count). The third-order valence-electron chi connectivity index (χ3n) is 8.24. The van der Waals surface area contributed by atoms with Crippen LogP contribution in [-0.4, -0.2) is 5.04 Å². The number of aliphatic imine (C=N–C) groups is 1. The van der Waals surface area contributed by atoms with Gasteiger partial charge in [-0.2, -0.15) is 0 Å². The minimum absolute atomic E-state index is 0.689. The Kier molecular flexibility index (Phi) is 16.0. The van der Waals surface area contributed by atoms with E-state index in [2.05, 4.69) is 152 Å². The molecule has 0 heterocycles. The van der Waals surface area contributed by atoms with E-state index in [1.807, 2.05) is 42.5 Å². The average Bonchev–Trinajstić information content (AvgIpc) is 3.23. The maximum Gasteiger partial charge on any atom is 0.220 e. The summed E-state index contributed by atoms with van der Waals surface area (Å²) >= 11 is 24.3. The van der Waals surface area contributed by atoms with Crippen LogP contribution >= 0.6 is 77.4 Å². The lowest BCUT2D eigenvalue weighted by molar-refractivity contribution is -2.00. The van der Waals surface area contributed by atoms with Gasteiger partial charge < -0.3 is 0 Å². The molecule has 0 bridgehead atoms. The van der Waals surface area contributed by atoms with Gasteiger partial charge >= 0.3 is 0 Å². The van der Waals surface area contributed by atoms with E-state index in [0.717, 1.165) is 35.0 Å². The molecule has 7 aromatic carbocycles. The first-order valence-corrected chi connectivity index (χ1v) is 24.0. The van der Waals surface area contributed by atoms with Crippen molar-refractivity contribution < 1.29 is 28.9 Å². The van der Waals surface area contributed by atoms with Crippen molar-refractivity contribution in [2.24, 2.45) is 4.99 Å². The molecular formula is C45H32Cl4NO4PS3. The summed E-state index contributed by atoms with van der Waals surface area (Å²) in [5.74, 6) is 0. The van der Waals surface area contributed by atoms with Crippen LogP contribution in [0.25, 0.3) is 0 Å². The molecule has 0 aromatic heterocycles. The highest BCUT2D eigenvalue weighted by Gasteiger charge is 2.52. The van der Waals surface area contributed by atoms with Crippen molar-refractivity contribution in [3.05, 3.63) is 224 Å². The first kappa shape index (κ1) is 44.0. The summed E-state index contributed by atoms with van der Waals surface area (Å²) < 4.78 is 35.0. The Morgan fingerprint density at radius 2 is 0.707 bits per heavy atom. The van der Waals surface area contributed by atoms with E-state index in [9.17, 15) is 0 Å². The molecule has 0 spiro atoms. The Morgan fingerprint density at radius 1 is 0.414 bits per heavy atom. The molecule has 0 atom stereocenters. The van der Waals surface area contributed by atoms with Crippen molar-refractivity contribution in [2.45, 2.75) is 14.7 Å². The van der Waals surface area contributed by atoms with Crippen molar-refractivity contribution in [3.63, 3.8) is 0 Å². The van der Waals surface area contributed by atoms with E-state index < -0.39 is 17.5 Å². The molecule has 5 nitrogen and oxygen atoms in total. The van der Waals surface area contributed by atoms with Gasteiger partial charge in [-0.25, -0.2) is 23.6 Å². The van der Waals surface area contributed by atoms with Crippen LogP contribution in [0.1, 0.15) is 5.56 Å². The smallest absolute Gasteiger partial charge is 0.220 e. The number of nitrogens with zero attached hydrogens (tertiary/aromatic N) is 1. The summed E-state index contributed by atoms with van der Waals surface area (Å²) in [6.45, 7) is 0. The van der Waals surface area contributed by atoms with Gasteiger partial charge in [-0.05, 0) is 109 Å². The molecule has 0 radical (unpaired) electrons. The highest BCUT2D eigenvalue weighted by molar-refractivity contribution is 8.23. The molecule has 0 aliphatic heterocycles. The molecule has 0 amide bonds. The van der Waals surface area contributed by atoms with Crippen LogP contribution < -0.4 is 34.5 Å². The Hall–Kier alpha value is -3.57. The van der Waals surface area contributed by atoms with Crippen molar-refractivity contribution in [1.82, 2.24) is 0 Å². The van der Waals surface area contributed by atoms with Gasteiger partial charge in [0.25, 0.3) is 0 Å². The van der Waals surface area contributed by atoms with Gasteiger partial charge in [0.15, 0.2) is 7.26 Å². The van der Waals surface area contributed by atoms with E-state index in [0.29, 0.717) is 15.1 Å². The number of thioether (sulfide) groups is 3. The molecular weight excluding hydrogens is 887 g/mol. The Labute approximate surface area is 368 Å². The normalized spacial score (nSPS) is 11.7. The highest BCUT2D eigenvalue weighted by Crippen LogP contribution is 2.67. The van der Waals surface area contributed by atoms with Crippen LogP contribution in [0.5, 0.6) is 0 Å².